The third-order valence-electron chi connectivity index (χ3n) is 5.19. The van der Waals surface area contributed by atoms with Gasteiger partial charge in [0, 0.05) is 12.0 Å². The molecule has 7 nitrogen and oxygen atoms in total. The first kappa shape index (κ1) is 18.5. The number of carbonyl (C=O) groups is 1. The molecule has 1 aliphatic rings. The fraction of sp³-hybridized carbons (Fsp3) is 0.300. The second kappa shape index (κ2) is 8.02. The zero-order chi connectivity index (χ0) is 19.4. The molecular formula is C20H21N5O2S. The van der Waals surface area contributed by atoms with Crippen LogP contribution in [0.15, 0.2) is 59.8 Å². The zero-order valence-corrected chi connectivity index (χ0v) is 16.1. The number of rotatable bonds is 7. The van der Waals surface area contributed by atoms with Gasteiger partial charge in [0.25, 0.3) is 0 Å². The van der Waals surface area contributed by atoms with Gasteiger partial charge in [-0.25, -0.2) is 0 Å². The number of thioether (sulfide) groups is 1. The zero-order valence-electron chi connectivity index (χ0n) is 15.3. The quantitative estimate of drug-likeness (QED) is 0.598. The molecule has 0 unspecified atom stereocenters. The molecule has 0 bridgehead atoms. The van der Waals surface area contributed by atoms with Crippen LogP contribution >= 0.6 is 11.8 Å². The highest BCUT2D eigenvalue weighted by molar-refractivity contribution is 7.99. The second-order valence-electron chi connectivity index (χ2n) is 6.95. The summed E-state index contributed by atoms with van der Waals surface area (Å²) < 4.78 is 1.55. The molecule has 28 heavy (non-hydrogen) atoms. The molecule has 3 aromatic rings. The van der Waals surface area contributed by atoms with Crippen molar-refractivity contribution in [1.82, 2.24) is 25.5 Å². The van der Waals surface area contributed by atoms with Crippen molar-refractivity contribution in [1.29, 1.82) is 0 Å². The van der Waals surface area contributed by atoms with Gasteiger partial charge >= 0.3 is 0 Å². The van der Waals surface area contributed by atoms with E-state index in [9.17, 15) is 9.90 Å². The van der Waals surface area contributed by atoms with E-state index in [1.165, 1.54) is 23.7 Å². The number of hydrogen-bond acceptors (Lipinski definition) is 6. The summed E-state index contributed by atoms with van der Waals surface area (Å²) in [6, 6.07) is 17.0. The Labute approximate surface area is 167 Å². The van der Waals surface area contributed by atoms with Crippen molar-refractivity contribution in [2.24, 2.45) is 0 Å². The molecule has 8 heteroatoms. The van der Waals surface area contributed by atoms with Crippen molar-refractivity contribution in [3.63, 3.8) is 0 Å². The van der Waals surface area contributed by atoms with E-state index in [0.717, 1.165) is 18.5 Å². The molecule has 144 valence electrons. The Bertz CT molecular complexity index is 939. The van der Waals surface area contributed by atoms with Crippen LogP contribution in [0.3, 0.4) is 0 Å². The molecular weight excluding hydrogens is 374 g/mol. The third-order valence-corrected chi connectivity index (χ3v) is 6.11. The molecule has 0 saturated heterocycles. The standard InChI is InChI=1S/C20H21N5O2S/c26-17-9-7-16(8-10-17)25-19(22-23-24-25)28-13-18(27)21-14-20(11-4-12-20)15-5-2-1-3-6-15/h1-3,5-10,26H,4,11-14H2,(H,21,27). The van der Waals surface area contributed by atoms with E-state index in [4.69, 9.17) is 0 Å². The van der Waals surface area contributed by atoms with E-state index in [0.29, 0.717) is 11.7 Å². The van der Waals surface area contributed by atoms with Gasteiger partial charge in [0.1, 0.15) is 5.75 Å². The van der Waals surface area contributed by atoms with Crippen molar-refractivity contribution >= 4 is 17.7 Å². The van der Waals surface area contributed by atoms with Gasteiger partial charge in [-0.1, -0.05) is 48.5 Å². The normalized spacial score (nSPS) is 15.0. The molecule has 2 N–H and O–H groups in total. The maximum absolute atomic E-state index is 12.4. The number of benzene rings is 2. The summed E-state index contributed by atoms with van der Waals surface area (Å²) in [6.45, 7) is 0.652. The number of nitrogens with zero attached hydrogens (tertiary/aromatic N) is 4. The summed E-state index contributed by atoms with van der Waals surface area (Å²) in [5.41, 5.74) is 2.09. The van der Waals surface area contributed by atoms with Crippen molar-refractivity contribution < 1.29 is 9.90 Å². The number of amides is 1. The molecule has 1 amide bonds. The highest BCUT2D eigenvalue weighted by Gasteiger charge is 2.38. The van der Waals surface area contributed by atoms with Gasteiger partial charge < -0.3 is 10.4 Å². The number of aromatic hydroxyl groups is 1. The Morgan fingerprint density at radius 1 is 1.14 bits per heavy atom. The molecule has 1 fully saturated rings. The molecule has 4 rings (SSSR count). The monoisotopic (exact) mass is 395 g/mol. The number of carbonyl (C=O) groups excluding carboxylic acids is 1. The van der Waals surface area contributed by atoms with E-state index in [-0.39, 0.29) is 22.8 Å². The Balaban J connectivity index is 1.34. The highest BCUT2D eigenvalue weighted by atomic mass is 32.2. The van der Waals surface area contributed by atoms with Crippen LogP contribution in [0.4, 0.5) is 0 Å². The predicted molar refractivity (Wildman–Crippen MR) is 107 cm³/mol. The fourth-order valence-electron chi connectivity index (χ4n) is 3.44. The van der Waals surface area contributed by atoms with Gasteiger partial charge in [-0.15, -0.1) is 5.10 Å². The first-order chi connectivity index (χ1) is 13.7. The molecule has 1 aromatic heterocycles. The van der Waals surface area contributed by atoms with Gasteiger partial charge in [0.2, 0.25) is 11.1 Å². The SMILES string of the molecule is O=C(CSc1nnnn1-c1ccc(O)cc1)NCC1(c2ccccc2)CCC1. The minimum atomic E-state index is -0.0348. The topological polar surface area (TPSA) is 92.9 Å². The largest absolute Gasteiger partial charge is 0.508 e. The number of hydrogen-bond donors (Lipinski definition) is 2. The highest BCUT2D eigenvalue weighted by Crippen LogP contribution is 2.43. The van der Waals surface area contributed by atoms with Crippen LogP contribution in [0.2, 0.25) is 0 Å². The summed E-state index contributed by atoms with van der Waals surface area (Å²) in [6.07, 6.45) is 3.40. The summed E-state index contributed by atoms with van der Waals surface area (Å²) in [7, 11) is 0. The molecule has 0 aliphatic heterocycles. The maximum atomic E-state index is 12.4. The Morgan fingerprint density at radius 3 is 2.57 bits per heavy atom. The second-order valence-corrected chi connectivity index (χ2v) is 7.90. The lowest BCUT2D eigenvalue weighted by atomic mass is 9.64. The molecule has 1 heterocycles. The first-order valence-electron chi connectivity index (χ1n) is 9.19. The summed E-state index contributed by atoms with van der Waals surface area (Å²) in [5, 5.41) is 24.7. The Hall–Kier alpha value is -2.87. The smallest absolute Gasteiger partial charge is 0.230 e. The maximum Gasteiger partial charge on any atom is 0.230 e. The minimum absolute atomic E-state index is 0.0348. The van der Waals surface area contributed by atoms with Crippen LogP contribution in [-0.4, -0.2) is 43.5 Å². The molecule has 2 aromatic carbocycles. The Morgan fingerprint density at radius 2 is 1.89 bits per heavy atom. The van der Waals surface area contributed by atoms with Gasteiger partial charge in [-0.05, 0) is 53.1 Å². The van der Waals surface area contributed by atoms with Gasteiger partial charge in [0.15, 0.2) is 0 Å². The number of phenolic OH excluding ortho intramolecular Hbond substituents is 1. The average Bonchev–Trinajstić information content (AvgIpc) is 3.15. The van der Waals surface area contributed by atoms with E-state index in [1.54, 1.807) is 28.9 Å². The predicted octanol–water partition coefficient (Wildman–Crippen LogP) is 2.70. The number of aromatic nitrogens is 4. The van der Waals surface area contributed by atoms with Crippen LogP contribution in [0.25, 0.3) is 5.69 Å². The summed E-state index contributed by atoms with van der Waals surface area (Å²) in [5.74, 6) is 0.379. The van der Waals surface area contributed by atoms with E-state index < -0.39 is 0 Å². The van der Waals surface area contributed by atoms with Crippen LogP contribution in [0.1, 0.15) is 24.8 Å². The lowest BCUT2D eigenvalue weighted by Crippen LogP contribution is -2.46. The lowest BCUT2D eigenvalue weighted by Gasteiger charge is -2.42. The van der Waals surface area contributed by atoms with Gasteiger partial charge in [-0.2, -0.15) is 4.68 Å². The average molecular weight is 395 g/mol. The minimum Gasteiger partial charge on any atom is -0.508 e. The van der Waals surface area contributed by atoms with Crippen LogP contribution in [0.5, 0.6) is 5.75 Å². The molecule has 0 radical (unpaired) electrons. The van der Waals surface area contributed by atoms with Crippen LogP contribution < -0.4 is 5.32 Å². The van der Waals surface area contributed by atoms with Crippen molar-refractivity contribution in [3.8, 4) is 11.4 Å². The third kappa shape index (κ3) is 3.87. The molecule has 0 spiro atoms. The van der Waals surface area contributed by atoms with Gasteiger partial charge in [0.05, 0.1) is 11.4 Å². The fourth-order valence-corrected chi connectivity index (χ4v) is 4.16. The summed E-state index contributed by atoms with van der Waals surface area (Å²) in [4.78, 5) is 12.4. The lowest BCUT2D eigenvalue weighted by molar-refractivity contribution is -0.119. The van der Waals surface area contributed by atoms with E-state index in [1.807, 2.05) is 6.07 Å². The van der Waals surface area contributed by atoms with Crippen molar-refractivity contribution in [2.45, 2.75) is 29.8 Å². The van der Waals surface area contributed by atoms with Crippen LogP contribution in [-0.2, 0) is 10.2 Å². The molecule has 1 saturated carbocycles. The van der Waals surface area contributed by atoms with Crippen LogP contribution in [0, 0.1) is 0 Å². The van der Waals surface area contributed by atoms with E-state index in [2.05, 4.69) is 45.1 Å². The molecule has 1 aliphatic carbocycles. The Kier molecular flexibility index (Phi) is 5.29. The van der Waals surface area contributed by atoms with E-state index >= 15 is 0 Å². The van der Waals surface area contributed by atoms with Crippen molar-refractivity contribution in [3.05, 3.63) is 60.2 Å². The van der Waals surface area contributed by atoms with Gasteiger partial charge in [-0.3, -0.25) is 4.79 Å². The number of tetrazole rings is 1. The molecule has 0 atom stereocenters. The summed E-state index contributed by atoms with van der Waals surface area (Å²) >= 11 is 1.29. The number of nitrogens with one attached hydrogen (secondary N) is 1. The van der Waals surface area contributed by atoms with Crippen molar-refractivity contribution in [2.75, 3.05) is 12.3 Å². The number of phenols is 1. The first-order valence-corrected chi connectivity index (χ1v) is 10.2.